The Hall–Kier alpha value is -3.42. The highest BCUT2D eigenvalue weighted by Gasteiger charge is 2.30. The van der Waals surface area contributed by atoms with Gasteiger partial charge in [-0.1, -0.05) is 200 Å². The van der Waals surface area contributed by atoms with Crippen molar-refractivity contribution in [3.8, 4) is 22.3 Å². The first kappa shape index (κ1) is 39.3. The van der Waals surface area contributed by atoms with Crippen LogP contribution in [0.15, 0.2) is 96.1 Å². The van der Waals surface area contributed by atoms with E-state index in [1.807, 2.05) is 0 Å². The number of benzene rings is 4. The Morgan fingerprint density at radius 3 is 1.28 bits per heavy atom. The number of hydrogen-bond donors (Lipinski definition) is 0. The van der Waals surface area contributed by atoms with Gasteiger partial charge in [0.05, 0.1) is 0 Å². The van der Waals surface area contributed by atoms with Gasteiger partial charge in [-0.2, -0.15) is 0 Å². The first-order chi connectivity index (χ1) is 26.0. The Labute approximate surface area is 326 Å². The van der Waals surface area contributed by atoms with Gasteiger partial charge in [-0.25, -0.2) is 0 Å². The standard InChI is InChI=1S/C52H68Si/c1-7-11-13-15-19-43-33-49-45(41-29-25-39(26-30-41)37(5)9-3)21-17-23-47(49)51(43)35-53-36-52-44(20-16-14-12-8-2)34-50-46(22-18-24-48(50)52)42-31-27-40(28-32-42)38(6)10-4/h17-18,21-34,37-38,51-52H,7-16,19-20,35-36,53H2,1-6H3. The molecule has 0 nitrogen and oxygen atoms in total. The van der Waals surface area contributed by atoms with Crippen LogP contribution in [0.2, 0.25) is 12.1 Å². The van der Waals surface area contributed by atoms with Crippen LogP contribution in [0.25, 0.3) is 34.4 Å². The van der Waals surface area contributed by atoms with Gasteiger partial charge in [0, 0.05) is 21.4 Å². The molecular weight excluding hydrogens is 653 g/mol. The van der Waals surface area contributed by atoms with Gasteiger partial charge in [0.15, 0.2) is 0 Å². The van der Waals surface area contributed by atoms with Crippen molar-refractivity contribution >= 4 is 21.7 Å². The van der Waals surface area contributed by atoms with Gasteiger partial charge < -0.3 is 0 Å². The van der Waals surface area contributed by atoms with Crippen LogP contribution in [-0.2, 0) is 0 Å². The molecule has 0 N–H and O–H groups in total. The van der Waals surface area contributed by atoms with Crippen molar-refractivity contribution in [2.24, 2.45) is 0 Å². The maximum atomic E-state index is 2.64. The van der Waals surface area contributed by atoms with Crippen LogP contribution in [-0.4, -0.2) is 9.52 Å². The zero-order valence-electron chi connectivity index (χ0n) is 34.2. The van der Waals surface area contributed by atoms with Gasteiger partial charge in [0.2, 0.25) is 0 Å². The van der Waals surface area contributed by atoms with E-state index in [-0.39, 0.29) is 9.52 Å². The van der Waals surface area contributed by atoms with Gasteiger partial charge in [0.1, 0.15) is 0 Å². The quantitative estimate of drug-likeness (QED) is 0.0630. The second-order valence-electron chi connectivity index (χ2n) is 16.6. The number of unbranched alkanes of at least 4 members (excludes halogenated alkanes) is 6. The normalized spacial score (nSPS) is 17.5. The van der Waals surface area contributed by atoms with Crippen LogP contribution in [0.3, 0.4) is 0 Å². The minimum absolute atomic E-state index is 0.322. The molecule has 0 fully saturated rings. The fourth-order valence-corrected chi connectivity index (χ4v) is 11.7. The SMILES string of the molecule is CCCCCCC1=Cc2c(-c3ccc(C(C)CC)cc3)cccc2C1C[SiH2]CC1C(CCCCCC)=Cc2c(-c3ccc(C(C)CC)cc3)cccc21. The van der Waals surface area contributed by atoms with Gasteiger partial charge in [-0.3, -0.25) is 0 Å². The summed E-state index contributed by atoms with van der Waals surface area (Å²) in [5.41, 5.74) is 18.2. The third-order valence-electron chi connectivity index (χ3n) is 13.0. The van der Waals surface area contributed by atoms with Crippen molar-refractivity contribution in [2.45, 2.75) is 154 Å². The predicted octanol–water partition coefficient (Wildman–Crippen LogP) is 15.7. The average Bonchev–Trinajstić information content (AvgIpc) is 3.75. The first-order valence-corrected chi connectivity index (χ1v) is 23.8. The van der Waals surface area contributed by atoms with E-state index in [9.17, 15) is 0 Å². The van der Waals surface area contributed by atoms with E-state index in [0.717, 1.165) is 0 Å². The van der Waals surface area contributed by atoms with E-state index in [0.29, 0.717) is 23.7 Å². The molecule has 0 spiro atoms. The van der Waals surface area contributed by atoms with Crippen LogP contribution < -0.4 is 0 Å². The number of hydrogen-bond acceptors (Lipinski definition) is 0. The fraction of sp³-hybridized carbons (Fsp3) is 0.462. The Bertz CT molecular complexity index is 1690. The summed E-state index contributed by atoms with van der Waals surface area (Å²) in [5, 5.41) is 0. The molecule has 0 heterocycles. The van der Waals surface area contributed by atoms with Crippen molar-refractivity contribution in [1.29, 1.82) is 0 Å². The van der Waals surface area contributed by atoms with Crippen LogP contribution in [0.5, 0.6) is 0 Å². The third kappa shape index (κ3) is 9.28. The Balaban J connectivity index is 1.24. The van der Waals surface area contributed by atoms with E-state index >= 15 is 0 Å². The molecule has 0 saturated carbocycles. The third-order valence-corrected chi connectivity index (χ3v) is 15.0. The molecule has 4 aromatic carbocycles. The lowest BCUT2D eigenvalue weighted by molar-refractivity contribution is 0.648. The Morgan fingerprint density at radius 1 is 0.491 bits per heavy atom. The smallest absolute Gasteiger partial charge is 0.0218 e. The maximum absolute atomic E-state index is 2.64. The topological polar surface area (TPSA) is 0 Å². The Morgan fingerprint density at radius 2 is 0.906 bits per heavy atom. The molecular formula is C52H68Si. The maximum Gasteiger partial charge on any atom is 0.0218 e. The van der Waals surface area contributed by atoms with Crippen molar-refractivity contribution in [3.63, 3.8) is 0 Å². The van der Waals surface area contributed by atoms with Crippen LogP contribution in [0, 0.1) is 0 Å². The number of rotatable bonds is 20. The number of fused-ring (bicyclic) bond motifs is 2. The summed E-state index contributed by atoms with van der Waals surface area (Å²) in [5.74, 6) is 2.43. The summed E-state index contributed by atoms with van der Waals surface area (Å²) in [7, 11) is -0.322. The average molecular weight is 721 g/mol. The van der Waals surface area contributed by atoms with E-state index in [1.165, 1.54) is 134 Å². The molecule has 2 aliphatic carbocycles. The largest absolute Gasteiger partial charge is 0.0654 e. The minimum Gasteiger partial charge on any atom is -0.0654 e. The van der Waals surface area contributed by atoms with Crippen LogP contribution >= 0.6 is 0 Å². The van der Waals surface area contributed by atoms with Gasteiger partial charge in [-0.05, 0) is 106 Å². The molecule has 0 radical (unpaired) electrons. The molecule has 53 heavy (non-hydrogen) atoms. The molecule has 6 rings (SSSR count). The summed E-state index contributed by atoms with van der Waals surface area (Å²) in [6.07, 6.45) is 20.8. The van der Waals surface area contributed by atoms with Crippen molar-refractivity contribution in [3.05, 3.63) is 129 Å². The molecule has 1 heteroatoms. The van der Waals surface area contributed by atoms with Crippen molar-refractivity contribution < 1.29 is 0 Å². The zero-order valence-corrected chi connectivity index (χ0v) is 35.6. The van der Waals surface area contributed by atoms with Crippen LogP contribution in [0.1, 0.15) is 176 Å². The summed E-state index contributed by atoms with van der Waals surface area (Å²) in [6.45, 7) is 13.9. The summed E-state index contributed by atoms with van der Waals surface area (Å²) < 4.78 is 0. The minimum atomic E-state index is -0.322. The molecule has 0 aromatic heterocycles. The first-order valence-electron chi connectivity index (χ1n) is 21.8. The number of allylic oxidation sites excluding steroid dienone is 2. The molecule has 4 unspecified atom stereocenters. The molecule has 2 aliphatic rings. The van der Waals surface area contributed by atoms with Gasteiger partial charge in [0.25, 0.3) is 0 Å². The van der Waals surface area contributed by atoms with E-state index in [2.05, 4.69) is 139 Å². The lowest BCUT2D eigenvalue weighted by Gasteiger charge is -2.21. The second kappa shape index (κ2) is 19.3. The molecule has 0 saturated heterocycles. The summed E-state index contributed by atoms with van der Waals surface area (Å²) in [4.78, 5) is 0. The van der Waals surface area contributed by atoms with Crippen LogP contribution in [0.4, 0.5) is 0 Å². The van der Waals surface area contributed by atoms with Gasteiger partial charge in [-0.15, -0.1) is 0 Å². The molecule has 4 atom stereocenters. The van der Waals surface area contributed by atoms with Crippen molar-refractivity contribution in [2.75, 3.05) is 0 Å². The summed E-state index contributed by atoms with van der Waals surface area (Å²) in [6, 6.07) is 36.2. The van der Waals surface area contributed by atoms with E-state index in [1.54, 1.807) is 22.3 Å². The second-order valence-corrected chi connectivity index (χ2v) is 18.4. The molecule has 0 aliphatic heterocycles. The molecule has 0 bridgehead atoms. The predicted molar refractivity (Wildman–Crippen MR) is 238 cm³/mol. The monoisotopic (exact) mass is 721 g/mol. The van der Waals surface area contributed by atoms with Crippen molar-refractivity contribution in [1.82, 2.24) is 0 Å². The lowest BCUT2D eigenvalue weighted by atomic mass is 9.90. The molecule has 4 aromatic rings. The highest BCUT2D eigenvalue weighted by Crippen LogP contribution is 2.48. The summed E-state index contributed by atoms with van der Waals surface area (Å²) >= 11 is 0. The zero-order chi connectivity index (χ0) is 37.2. The van der Waals surface area contributed by atoms with E-state index in [4.69, 9.17) is 0 Å². The van der Waals surface area contributed by atoms with E-state index < -0.39 is 0 Å². The molecule has 280 valence electrons. The molecule has 0 amide bonds. The highest BCUT2D eigenvalue weighted by molar-refractivity contribution is 6.36. The van der Waals surface area contributed by atoms with Gasteiger partial charge >= 0.3 is 0 Å². The lowest BCUT2D eigenvalue weighted by Crippen LogP contribution is -2.08. The highest BCUT2D eigenvalue weighted by atomic mass is 28.2. The fourth-order valence-electron chi connectivity index (χ4n) is 9.24. The Kier molecular flexibility index (Phi) is 14.3.